The number of benzene rings is 2. The molecule has 1 unspecified atom stereocenters. The highest BCUT2D eigenvalue weighted by Gasteiger charge is 2.57. The second kappa shape index (κ2) is 13.0. The van der Waals surface area contributed by atoms with Gasteiger partial charge in [-0.3, -0.25) is 28.9 Å². The number of ether oxygens (including phenoxy) is 1. The van der Waals surface area contributed by atoms with Crippen molar-refractivity contribution in [2.75, 3.05) is 26.7 Å². The minimum Gasteiger partial charge on any atom is -0.444 e. The topological polar surface area (TPSA) is 146 Å². The van der Waals surface area contributed by atoms with E-state index in [1.54, 1.807) is 45.3 Å². The Hall–Kier alpha value is -5.41. The quantitative estimate of drug-likeness (QED) is 0.341. The average Bonchev–Trinajstić information content (AvgIpc) is 3.81. The van der Waals surface area contributed by atoms with Gasteiger partial charge >= 0.3 is 12.1 Å². The zero-order valence-corrected chi connectivity index (χ0v) is 28.5. The summed E-state index contributed by atoms with van der Waals surface area (Å²) >= 11 is 0. The lowest BCUT2D eigenvalue weighted by molar-refractivity contribution is -0.146. The van der Waals surface area contributed by atoms with Gasteiger partial charge in [0.05, 0.1) is 19.3 Å². The third kappa shape index (κ3) is 6.99. The number of hydrogen-bond donors (Lipinski definition) is 2. The molecule has 0 bridgehead atoms. The zero-order chi connectivity index (χ0) is 36.9. The number of likely N-dealkylation sites (N-methyl/N-ethyl adjacent to an activating group) is 1. The molecule has 2 N–H and O–H groups in total. The van der Waals surface area contributed by atoms with Gasteiger partial charge in [-0.25, -0.2) is 22.8 Å². The summed E-state index contributed by atoms with van der Waals surface area (Å²) in [6.45, 7) is 2.01. The molecule has 3 aliphatic rings. The van der Waals surface area contributed by atoms with E-state index in [4.69, 9.17) is 4.74 Å². The van der Waals surface area contributed by atoms with Crippen LogP contribution in [0.5, 0.6) is 0 Å². The molecule has 2 atom stereocenters. The smallest absolute Gasteiger partial charge is 0.410 e. The number of aryl methyl sites for hydroxylation is 1. The van der Waals surface area contributed by atoms with E-state index in [-0.39, 0.29) is 18.9 Å². The van der Waals surface area contributed by atoms with Crippen molar-refractivity contribution in [3.8, 4) is 11.1 Å². The van der Waals surface area contributed by atoms with Crippen molar-refractivity contribution in [2.24, 2.45) is 0 Å². The summed E-state index contributed by atoms with van der Waals surface area (Å²) in [5.41, 5.74) is 0.783. The highest BCUT2D eigenvalue weighted by atomic mass is 19.3. The molecule has 0 radical (unpaired) electrons. The van der Waals surface area contributed by atoms with E-state index in [1.165, 1.54) is 23.9 Å². The van der Waals surface area contributed by atoms with Crippen LogP contribution in [-0.2, 0) is 44.2 Å². The summed E-state index contributed by atoms with van der Waals surface area (Å²) in [5.74, 6) is -6.01. The van der Waals surface area contributed by atoms with E-state index < -0.39 is 79.0 Å². The summed E-state index contributed by atoms with van der Waals surface area (Å²) in [5, 5.41) is 9.52. The van der Waals surface area contributed by atoms with Crippen LogP contribution in [0.3, 0.4) is 0 Å². The van der Waals surface area contributed by atoms with Crippen LogP contribution in [0.2, 0.25) is 0 Å². The summed E-state index contributed by atoms with van der Waals surface area (Å²) in [6, 6.07) is 7.62. The SMILES string of the molecule is CNC(=O)Cn1cc(-c2ccc3c(c2)CC[C@]32NC(=O)N(CC(=O)N(Cc3ccc(F)cc3)C3CN(C(=O)OC(C)(C)C)CC3(F)F)C2=O)cn1. The number of likely N-dealkylation sites (tertiary alicyclic amines) is 1. The van der Waals surface area contributed by atoms with Crippen LogP contribution in [0.4, 0.5) is 22.8 Å². The summed E-state index contributed by atoms with van der Waals surface area (Å²) < 4.78 is 51.8. The van der Waals surface area contributed by atoms with E-state index in [2.05, 4.69) is 15.7 Å². The fraction of sp³-hybridized carbons (Fsp3) is 0.429. The Labute approximate surface area is 291 Å². The van der Waals surface area contributed by atoms with Gasteiger partial charge in [-0.2, -0.15) is 5.10 Å². The maximum absolute atomic E-state index is 15.6. The fourth-order valence-electron chi connectivity index (χ4n) is 6.74. The maximum atomic E-state index is 15.6. The number of urea groups is 1. The summed E-state index contributed by atoms with van der Waals surface area (Å²) in [4.78, 5) is 68.2. The Morgan fingerprint density at radius 2 is 1.80 bits per heavy atom. The van der Waals surface area contributed by atoms with Gasteiger partial charge in [-0.05, 0) is 68.0 Å². The number of halogens is 3. The molecular formula is C35H38F3N7O6. The van der Waals surface area contributed by atoms with Gasteiger partial charge < -0.3 is 20.3 Å². The molecule has 13 nitrogen and oxygen atoms in total. The minimum absolute atomic E-state index is 0.0430. The molecule has 1 aromatic heterocycles. The zero-order valence-electron chi connectivity index (χ0n) is 28.5. The fourth-order valence-corrected chi connectivity index (χ4v) is 6.74. The first kappa shape index (κ1) is 35.4. The first-order valence-electron chi connectivity index (χ1n) is 16.4. The molecule has 6 rings (SSSR count). The second-order valence-electron chi connectivity index (χ2n) is 14.0. The largest absolute Gasteiger partial charge is 0.444 e. The van der Waals surface area contributed by atoms with Crippen LogP contribution in [0.15, 0.2) is 54.9 Å². The summed E-state index contributed by atoms with van der Waals surface area (Å²) in [7, 11) is 1.53. The highest BCUT2D eigenvalue weighted by Crippen LogP contribution is 2.43. The first-order chi connectivity index (χ1) is 24.0. The highest BCUT2D eigenvalue weighted by molar-refractivity contribution is 6.10. The lowest BCUT2D eigenvalue weighted by atomic mass is 9.90. The number of imide groups is 1. The van der Waals surface area contributed by atoms with Crippen molar-refractivity contribution >= 4 is 29.8 Å². The predicted octanol–water partition coefficient (Wildman–Crippen LogP) is 3.41. The van der Waals surface area contributed by atoms with Gasteiger partial charge in [0.15, 0.2) is 0 Å². The van der Waals surface area contributed by atoms with Crippen molar-refractivity contribution in [3.05, 3.63) is 77.4 Å². The molecule has 2 saturated heterocycles. The molecule has 1 aliphatic carbocycles. The number of carbonyl (C=O) groups is 5. The van der Waals surface area contributed by atoms with Crippen molar-refractivity contribution in [3.63, 3.8) is 0 Å². The van der Waals surface area contributed by atoms with Crippen LogP contribution in [0.25, 0.3) is 11.1 Å². The van der Waals surface area contributed by atoms with Crippen LogP contribution in [-0.4, -0.2) is 98.6 Å². The second-order valence-corrected chi connectivity index (χ2v) is 14.0. The van der Waals surface area contributed by atoms with Crippen LogP contribution in [0.1, 0.15) is 43.9 Å². The molecule has 51 heavy (non-hydrogen) atoms. The van der Waals surface area contributed by atoms with E-state index in [0.717, 1.165) is 43.5 Å². The van der Waals surface area contributed by atoms with Crippen molar-refractivity contribution < 1.29 is 41.9 Å². The third-order valence-electron chi connectivity index (χ3n) is 9.25. The Morgan fingerprint density at radius 1 is 1.08 bits per heavy atom. The van der Waals surface area contributed by atoms with Gasteiger partial charge in [0.1, 0.15) is 36.1 Å². The van der Waals surface area contributed by atoms with E-state index >= 15 is 8.78 Å². The molecular weight excluding hydrogens is 671 g/mol. The van der Waals surface area contributed by atoms with Crippen molar-refractivity contribution in [2.45, 2.75) is 69.8 Å². The first-order valence-corrected chi connectivity index (χ1v) is 16.4. The molecule has 6 amide bonds. The van der Waals surface area contributed by atoms with Gasteiger partial charge in [-0.15, -0.1) is 0 Å². The number of nitrogens with zero attached hydrogens (tertiary/aromatic N) is 5. The number of alkyl halides is 2. The van der Waals surface area contributed by atoms with Crippen LogP contribution < -0.4 is 10.6 Å². The summed E-state index contributed by atoms with van der Waals surface area (Å²) in [6.07, 6.45) is 2.99. The predicted molar refractivity (Wildman–Crippen MR) is 175 cm³/mol. The minimum atomic E-state index is -3.58. The molecule has 270 valence electrons. The number of aromatic nitrogens is 2. The lowest BCUT2D eigenvalue weighted by Gasteiger charge is -2.33. The molecule has 3 heterocycles. The number of fused-ring (bicyclic) bond motifs is 2. The monoisotopic (exact) mass is 709 g/mol. The number of rotatable bonds is 8. The van der Waals surface area contributed by atoms with Gasteiger partial charge in [0, 0.05) is 25.4 Å². The number of hydrogen-bond acceptors (Lipinski definition) is 7. The normalized spacial score (nSPS) is 20.8. The molecule has 2 aromatic carbocycles. The third-order valence-corrected chi connectivity index (χ3v) is 9.25. The van der Waals surface area contributed by atoms with E-state index in [1.807, 2.05) is 6.07 Å². The van der Waals surface area contributed by atoms with Crippen molar-refractivity contribution in [1.82, 2.24) is 35.1 Å². The molecule has 1 spiro atoms. The van der Waals surface area contributed by atoms with Crippen LogP contribution >= 0.6 is 0 Å². The van der Waals surface area contributed by atoms with Gasteiger partial charge in [0.25, 0.3) is 11.8 Å². The maximum Gasteiger partial charge on any atom is 0.410 e. The molecule has 0 saturated carbocycles. The van der Waals surface area contributed by atoms with Gasteiger partial charge in [-0.1, -0.05) is 30.3 Å². The number of carbonyl (C=O) groups excluding carboxylic acids is 5. The van der Waals surface area contributed by atoms with E-state index in [9.17, 15) is 28.4 Å². The average molecular weight is 710 g/mol. The van der Waals surface area contributed by atoms with Gasteiger partial charge in [0.2, 0.25) is 11.8 Å². The number of amides is 6. The van der Waals surface area contributed by atoms with E-state index in [0.29, 0.717) is 17.5 Å². The Morgan fingerprint density at radius 3 is 2.49 bits per heavy atom. The van der Waals surface area contributed by atoms with Crippen LogP contribution in [0, 0.1) is 5.82 Å². The Bertz CT molecular complexity index is 1890. The standard InChI is InChI=1S/C35H38F3N7O6/c1-33(2,3)51-32(50)42-17-27(35(37,38)20-42)44(15-21-5-8-25(36)9-6-21)29(47)19-45-30(48)34(41-31(45)49)12-11-23-13-22(7-10-26(23)34)24-14-40-43(16-24)18-28(46)39-4/h5-10,13-14,16,27H,11-12,15,17-20H2,1-4H3,(H,39,46)(H,41,49)/t27?,34-/m0/s1. The molecule has 2 fully saturated rings. The molecule has 2 aliphatic heterocycles. The number of nitrogens with one attached hydrogen (secondary N) is 2. The lowest BCUT2D eigenvalue weighted by Crippen LogP contribution is -2.53. The Kier molecular flexibility index (Phi) is 9.06. The molecule has 3 aromatic rings. The Balaban J connectivity index is 1.23. The molecule has 16 heteroatoms. The van der Waals surface area contributed by atoms with Crippen molar-refractivity contribution in [1.29, 1.82) is 0 Å².